The van der Waals surface area contributed by atoms with Gasteiger partial charge in [0.1, 0.15) is 6.42 Å². The number of anilines is 1. The highest BCUT2D eigenvalue weighted by atomic mass is 79.9. The number of nitrogens with zero attached hydrogens (tertiary/aromatic N) is 1. The van der Waals surface area contributed by atoms with E-state index in [0.717, 1.165) is 6.21 Å². The fourth-order valence-electron chi connectivity index (χ4n) is 2.97. The van der Waals surface area contributed by atoms with Crippen molar-refractivity contribution in [3.8, 4) is 6.07 Å². The molecule has 0 aromatic heterocycles. The molecule has 2 aromatic carbocycles. The molecule has 15 heteroatoms. The quantitative estimate of drug-likeness (QED) is 0.206. The van der Waals surface area contributed by atoms with E-state index in [1.165, 1.54) is 24.4 Å². The molecule has 0 fully saturated rings. The van der Waals surface area contributed by atoms with Crippen LogP contribution in [0.2, 0.25) is 10.0 Å². The van der Waals surface area contributed by atoms with Crippen molar-refractivity contribution < 1.29 is 35.5 Å². The van der Waals surface area contributed by atoms with Crippen LogP contribution >= 0.6 is 39.1 Å². The summed E-state index contributed by atoms with van der Waals surface area (Å²) in [7, 11) is 0. The van der Waals surface area contributed by atoms with Gasteiger partial charge in [-0.1, -0.05) is 29.3 Å². The van der Waals surface area contributed by atoms with Crippen molar-refractivity contribution >= 4 is 62.5 Å². The molecule has 0 unspecified atom stereocenters. The van der Waals surface area contributed by atoms with Gasteiger partial charge < -0.3 is 16.0 Å². The van der Waals surface area contributed by atoms with Crippen molar-refractivity contribution in [2.75, 3.05) is 5.32 Å². The molecule has 3 N–H and O–H groups in total. The summed E-state index contributed by atoms with van der Waals surface area (Å²) in [6, 6.07) is 6.68. The lowest BCUT2D eigenvalue weighted by atomic mass is 9.94. The average molecular weight is 634 g/mol. The van der Waals surface area contributed by atoms with Gasteiger partial charge in [-0.15, -0.1) is 0 Å². The summed E-state index contributed by atoms with van der Waals surface area (Å²) < 4.78 is 92.5. The summed E-state index contributed by atoms with van der Waals surface area (Å²) in [5.41, 5.74) is -6.65. The Bertz CT molecular complexity index is 1240. The Morgan fingerprint density at radius 3 is 2.19 bits per heavy atom. The Labute approximate surface area is 223 Å². The number of amides is 1. The third kappa shape index (κ3) is 6.74. The Hall–Kier alpha value is -2.82. The van der Waals surface area contributed by atoms with Crippen LogP contribution in [-0.4, -0.2) is 24.5 Å². The zero-order valence-electron chi connectivity index (χ0n) is 18.1. The van der Waals surface area contributed by atoms with E-state index in [2.05, 4.69) is 26.6 Å². The molecule has 0 saturated carbocycles. The molecule has 0 heterocycles. The summed E-state index contributed by atoms with van der Waals surface area (Å²) in [5.74, 6) is -0.537. The smallest absolute Gasteiger partial charge is 0.359 e. The van der Waals surface area contributed by atoms with Crippen LogP contribution in [-0.2, 0) is 17.0 Å². The summed E-state index contributed by atoms with van der Waals surface area (Å²) in [6.45, 7) is -0.0336. The number of carbonyl (C=O) groups is 1. The van der Waals surface area contributed by atoms with Crippen molar-refractivity contribution in [2.45, 2.75) is 31.0 Å². The molecular formula is C22H14BrCl2F7N4O. The van der Waals surface area contributed by atoms with Crippen LogP contribution in [0.15, 0.2) is 41.0 Å². The molecule has 5 nitrogen and oxygen atoms in total. The molecule has 2 rings (SSSR count). The topological polar surface area (TPSA) is 88.8 Å². The van der Waals surface area contributed by atoms with E-state index < -0.39 is 39.0 Å². The monoisotopic (exact) mass is 632 g/mol. The first-order valence-corrected chi connectivity index (χ1v) is 11.3. The van der Waals surface area contributed by atoms with Gasteiger partial charge in [0.25, 0.3) is 0 Å². The minimum absolute atomic E-state index is 0.0336. The largest absolute Gasteiger partial charge is 0.435 e. The Morgan fingerprint density at radius 2 is 1.68 bits per heavy atom. The lowest BCUT2D eigenvalue weighted by Crippen LogP contribution is -2.50. The third-order valence-corrected chi connectivity index (χ3v) is 6.14. The number of rotatable bonds is 8. The molecule has 1 amide bonds. The molecular weight excluding hydrogens is 620 g/mol. The third-order valence-electron chi connectivity index (χ3n) is 4.84. The molecule has 0 spiro atoms. The highest BCUT2D eigenvalue weighted by molar-refractivity contribution is 9.10. The van der Waals surface area contributed by atoms with Crippen molar-refractivity contribution in [3.05, 3.63) is 67.7 Å². The molecule has 0 aliphatic carbocycles. The minimum Gasteiger partial charge on any atom is -0.359 e. The van der Waals surface area contributed by atoms with Crippen LogP contribution < -0.4 is 10.6 Å². The van der Waals surface area contributed by atoms with Gasteiger partial charge >= 0.3 is 18.0 Å². The van der Waals surface area contributed by atoms with Gasteiger partial charge in [-0.25, -0.2) is 4.39 Å². The Balaban J connectivity index is 2.41. The highest BCUT2D eigenvalue weighted by Crippen LogP contribution is 2.54. The van der Waals surface area contributed by atoms with E-state index in [0.29, 0.717) is 17.2 Å². The standard InChI is InChI=1S/C22H14BrCl2F7N4O/c23-15-6-14(20(26,21(27,28)29)22(30,31)32)7-17(25)19(15)36-10-13(8-34)11-1-2-16(24)12(5-11)9-35-18(37)3-4-33/h1-2,5-8,10,34,36H,3,9H2,(H,35,37)/b13-10+,34-8?. The minimum atomic E-state index is -6.31. The molecule has 0 aliphatic rings. The van der Waals surface area contributed by atoms with Crippen LogP contribution in [0.3, 0.4) is 0 Å². The van der Waals surface area contributed by atoms with E-state index in [-0.39, 0.29) is 35.3 Å². The van der Waals surface area contributed by atoms with Crippen LogP contribution in [0.4, 0.5) is 36.4 Å². The highest BCUT2D eigenvalue weighted by Gasteiger charge is 2.73. The Morgan fingerprint density at radius 1 is 1.05 bits per heavy atom. The van der Waals surface area contributed by atoms with Crippen LogP contribution in [0, 0.1) is 16.7 Å². The predicted octanol–water partition coefficient (Wildman–Crippen LogP) is 7.68. The summed E-state index contributed by atoms with van der Waals surface area (Å²) in [5, 5.41) is 20.9. The number of hydrogen-bond acceptors (Lipinski definition) is 4. The van der Waals surface area contributed by atoms with Gasteiger partial charge in [-0.2, -0.15) is 31.6 Å². The van der Waals surface area contributed by atoms with Crippen molar-refractivity contribution in [1.29, 1.82) is 10.7 Å². The second kappa shape index (κ2) is 11.7. The molecule has 198 valence electrons. The summed E-state index contributed by atoms with van der Waals surface area (Å²) in [6.07, 6.45) is -10.9. The maximum atomic E-state index is 14.4. The number of halogens is 10. The molecule has 37 heavy (non-hydrogen) atoms. The van der Waals surface area contributed by atoms with Gasteiger partial charge in [0.05, 0.1) is 16.8 Å². The first kappa shape index (κ1) is 30.4. The normalized spacial score (nSPS) is 12.6. The lowest BCUT2D eigenvalue weighted by molar-refractivity contribution is -0.348. The van der Waals surface area contributed by atoms with Gasteiger partial charge in [-0.05, 0) is 51.3 Å². The van der Waals surface area contributed by atoms with Crippen LogP contribution in [0.1, 0.15) is 23.1 Å². The van der Waals surface area contributed by atoms with Crippen molar-refractivity contribution in [2.24, 2.45) is 0 Å². The second-order valence-corrected chi connectivity index (χ2v) is 8.94. The molecule has 0 saturated heterocycles. The number of nitriles is 1. The van der Waals surface area contributed by atoms with E-state index >= 15 is 0 Å². The molecule has 0 aliphatic heterocycles. The van der Waals surface area contributed by atoms with Gasteiger partial charge in [0.2, 0.25) is 5.91 Å². The van der Waals surface area contributed by atoms with E-state index in [1.807, 2.05) is 0 Å². The van der Waals surface area contributed by atoms with Crippen molar-refractivity contribution in [1.82, 2.24) is 5.32 Å². The average Bonchev–Trinajstić information content (AvgIpc) is 2.78. The molecule has 0 atom stereocenters. The number of allylic oxidation sites excluding steroid dienone is 1. The fraction of sp³-hybridized carbons (Fsp3) is 0.227. The Kier molecular flexibility index (Phi) is 9.62. The summed E-state index contributed by atoms with van der Waals surface area (Å²) in [4.78, 5) is 11.5. The van der Waals surface area contributed by atoms with E-state index in [4.69, 9.17) is 33.9 Å². The zero-order chi connectivity index (χ0) is 28.2. The number of hydrogen-bond donors (Lipinski definition) is 3. The lowest BCUT2D eigenvalue weighted by Gasteiger charge is -2.30. The van der Waals surface area contributed by atoms with E-state index in [9.17, 15) is 35.5 Å². The number of alkyl halides is 7. The van der Waals surface area contributed by atoms with Crippen molar-refractivity contribution in [3.63, 3.8) is 0 Å². The van der Waals surface area contributed by atoms with E-state index in [1.54, 1.807) is 6.07 Å². The van der Waals surface area contributed by atoms with Gasteiger partial charge in [0, 0.05) is 39.6 Å². The summed E-state index contributed by atoms with van der Waals surface area (Å²) >= 11 is 14.8. The predicted molar refractivity (Wildman–Crippen MR) is 128 cm³/mol. The zero-order valence-corrected chi connectivity index (χ0v) is 21.2. The van der Waals surface area contributed by atoms with Gasteiger partial charge in [-0.3, -0.25) is 4.79 Å². The first-order chi connectivity index (χ1) is 17.1. The molecule has 2 aromatic rings. The second-order valence-electron chi connectivity index (χ2n) is 7.28. The number of nitrogens with one attached hydrogen (secondary N) is 3. The number of carbonyl (C=O) groups excluding carboxylic acids is 1. The maximum absolute atomic E-state index is 14.4. The number of benzene rings is 2. The SMILES string of the molecule is N#CCC(=O)NCc1cc(/C(C=N)=C/Nc2c(Cl)cc(C(F)(C(F)(F)F)C(F)(F)F)cc2Br)ccc1Cl. The maximum Gasteiger partial charge on any atom is 0.435 e. The van der Waals surface area contributed by atoms with Crippen LogP contribution in [0.5, 0.6) is 0 Å². The fourth-order valence-corrected chi connectivity index (χ4v) is 4.12. The molecule has 0 bridgehead atoms. The first-order valence-electron chi connectivity index (χ1n) is 9.78. The van der Waals surface area contributed by atoms with Gasteiger partial charge in [0.15, 0.2) is 0 Å². The van der Waals surface area contributed by atoms with Crippen LogP contribution in [0.25, 0.3) is 5.57 Å². The molecule has 0 radical (unpaired) electrons.